The van der Waals surface area contributed by atoms with Crippen LogP contribution in [0.25, 0.3) is 0 Å². The number of carbonyl (C=O) groups excluding carboxylic acids is 7. The summed E-state index contributed by atoms with van der Waals surface area (Å²) in [6, 6.07) is -0.530. The van der Waals surface area contributed by atoms with E-state index in [0.29, 0.717) is 55.0 Å². The van der Waals surface area contributed by atoms with Crippen LogP contribution >= 0.6 is 0 Å². The van der Waals surface area contributed by atoms with Crippen LogP contribution in [0.15, 0.2) is 36.2 Å². The molecule has 6 aliphatic rings. The fourth-order valence-electron chi connectivity index (χ4n) is 14.5. The number of nitrogens with one attached hydrogen (secondary N) is 3. The number of nitrogens with zero attached hydrogens (tertiary/aromatic N) is 3. The van der Waals surface area contributed by atoms with Gasteiger partial charge >= 0.3 is 5.97 Å². The van der Waals surface area contributed by atoms with Gasteiger partial charge in [0.15, 0.2) is 12.4 Å². The molecule has 6 amide bonds. The molecule has 20 heteroatoms. The summed E-state index contributed by atoms with van der Waals surface area (Å²) >= 11 is 0. The predicted octanol–water partition coefficient (Wildman–Crippen LogP) is 5.16. The van der Waals surface area contributed by atoms with Crippen LogP contribution in [0.2, 0.25) is 0 Å². The standard InChI is InChI=1S/C56H85N7O8.CH4O4S/c1-34(2)15-16-36(5)41-19-20-42-40-18-17-38-31-39(23-25-55(38,6)43(40)24-26-56(41,42)7)71-49(65)32-58-51(67)46-13-10-29-63(46)54(70)45(30-35(3)4)60-50(66)44(21-22-48(57)64)59-52(68)47-14-11-28-62(47)53(69)37-12-9-27-61(8)33-37;1-5-6(2,3)4/h9,12,17,27,33-36,39-47H,10-11,13-16,18-26,28-32H2,1-8H3,(H4-,57,58,59,60,64,66,67,68);1H3,(H,2,3,4)/t36-,39-,40+,41-,42+,43+,44+,45+,46+,47+,55+,56-;/m1./s1. The second kappa shape index (κ2) is 26.3. The Labute approximate surface area is 457 Å². The number of primary amides is 1. The lowest BCUT2D eigenvalue weighted by Crippen LogP contribution is -2.58. The van der Waals surface area contributed by atoms with E-state index in [0.717, 1.165) is 56.5 Å². The summed E-state index contributed by atoms with van der Waals surface area (Å²) < 4.78 is 38.8. The monoisotopic (exact) mass is 1100 g/mol. The zero-order chi connectivity index (χ0) is 56.6. The zero-order valence-corrected chi connectivity index (χ0v) is 48.0. The topological polar surface area (TPSA) is 268 Å². The number of fused-ring (bicyclic) bond motifs is 5. The van der Waals surface area contributed by atoms with Crippen molar-refractivity contribution >= 4 is 51.8 Å². The van der Waals surface area contributed by atoms with Gasteiger partial charge in [-0.25, -0.2) is 13.0 Å². The van der Waals surface area contributed by atoms with Gasteiger partial charge in [0.2, 0.25) is 39.9 Å². The van der Waals surface area contributed by atoms with Gasteiger partial charge < -0.3 is 40.8 Å². The lowest BCUT2D eigenvalue weighted by Gasteiger charge is -2.58. The Morgan fingerprint density at radius 3 is 2.16 bits per heavy atom. The molecule has 7 rings (SSSR count). The number of likely N-dealkylation sites (tertiary alicyclic amines) is 2. The Kier molecular flexibility index (Phi) is 21.0. The number of rotatable bonds is 20. The van der Waals surface area contributed by atoms with Crippen molar-refractivity contribution in [3.8, 4) is 0 Å². The maximum atomic E-state index is 14.3. The van der Waals surface area contributed by atoms with Crippen LogP contribution in [-0.2, 0) is 55.1 Å². The van der Waals surface area contributed by atoms with E-state index in [1.165, 1.54) is 53.9 Å². The number of hydrogen-bond donors (Lipinski definition) is 4. The first-order valence-electron chi connectivity index (χ1n) is 28.4. The smallest absolute Gasteiger partial charge is 0.325 e. The highest BCUT2D eigenvalue weighted by molar-refractivity contribution is 7.80. The van der Waals surface area contributed by atoms with E-state index in [2.05, 4.69) is 60.8 Å². The molecule has 4 aliphatic carbocycles. The SMILES string of the molecule is CC(C)CC[C@@H](C)[C@H]1CC[C@H]2[C@@H]3CC=C4C[C@H](OC(=O)CNC(=O)[C@@H]5CCCN5C(=O)[C@H](CC(C)C)NC(=O)[C@H](CCC(N)=O)NC(=O)[C@@H]5CCCN5C(=O)c5ccc[n+](C)c5)CC[C@]4(C)[C@H]3CC[C@]12C.COS(=O)(=O)[O-]. The summed E-state index contributed by atoms with van der Waals surface area (Å²) in [6.07, 6.45) is 19.1. The number of nitrogens with two attached hydrogens (primary N) is 1. The number of allylic oxidation sites excluding steroid dienone is 1. The molecule has 0 radical (unpaired) electrons. The van der Waals surface area contributed by atoms with Crippen LogP contribution in [0, 0.1) is 52.3 Å². The van der Waals surface area contributed by atoms with E-state index >= 15 is 0 Å². The lowest BCUT2D eigenvalue weighted by atomic mass is 9.47. The van der Waals surface area contributed by atoms with E-state index in [1.807, 2.05) is 13.8 Å². The Bertz CT molecular complexity index is 2450. The van der Waals surface area contributed by atoms with Crippen molar-refractivity contribution in [3.63, 3.8) is 0 Å². The van der Waals surface area contributed by atoms with Crippen LogP contribution < -0.4 is 26.3 Å². The first-order chi connectivity index (χ1) is 36.3. The molecule has 0 unspecified atom stereocenters. The maximum Gasteiger partial charge on any atom is 0.325 e. The number of aryl methyl sites for hydroxylation is 1. The second-order valence-corrected chi connectivity index (χ2v) is 25.6. The molecule has 19 nitrogen and oxygen atoms in total. The summed E-state index contributed by atoms with van der Waals surface area (Å²) in [7, 11) is -1.80. The number of hydrogen-bond acceptors (Lipinski definition) is 12. The molecule has 77 heavy (non-hydrogen) atoms. The Morgan fingerprint density at radius 1 is 0.844 bits per heavy atom. The summed E-state index contributed by atoms with van der Waals surface area (Å²) in [4.78, 5) is 97.7. The highest BCUT2D eigenvalue weighted by Gasteiger charge is 2.59. The van der Waals surface area contributed by atoms with Crippen LogP contribution in [0.5, 0.6) is 0 Å². The zero-order valence-electron chi connectivity index (χ0n) is 47.2. The van der Waals surface area contributed by atoms with Crippen molar-refractivity contribution in [1.29, 1.82) is 0 Å². The fourth-order valence-corrected chi connectivity index (χ4v) is 14.5. The van der Waals surface area contributed by atoms with Crippen molar-refractivity contribution in [2.24, 2.45) is 65.0 Å². The highest BCUT2D eigenvalue weighted by atomic mass is 32.3. The first-order valence-corrected chi connectivity index (χ1v) is 29.7. The molecule has 0 aromatic carbocycles. The minimum absolute atomic E-state index is 0.0411. The van der Waals surface area contributed by atoms with Crippen molar-refractivity contribution in [3.05, 3.63) is 41.7 Å². The second-order valence-electron chi connectivity index (χ2n) is 24.4. The van der Waals surface area contributed by atoms with Crippen LogP contribution in [0.1, 0.15) is 168 Å². The van der Waals surface area contributed by atoms with Gasteiger partial charge in [0, 0.05) is 32.0 Å². The molecular formula is C57H89N7O12S. The van der Waals surface area contributed by atoms with Gasteiger partial charge in [-0.1, -0.05) is 73.0 Å². The summed E-state index contributed by atoms with van der Waals surface area (Å²) in [5, 5.41) is 8.36. The summed E-state index contributed by atoms with van der Waals surface area (Å²) in [5.74, 6) is 0.851. The van der Waals surface area contributed by atoms with Crippen molar-refractivity contribution < 1.29 is 60.0 Å². The van der Waals surface area contributed by atoms with E-state index in [4.69, 9.17) is 10.5 Å². The molecule has 430 valence electrons. The van der Waals surface area contributed by atoms with E-state index in [-0.39, 0.29) is 55.7 Å². The third kappa shape index (κ3) is 15.2. The molecule has 1 aromatic rings. The first kappa shape index (κ1) is 61.3. The molecule has 5 N–H and O–H groups in total. The quantitative estimate of drug-likeness (QED) is 0.0434. The largest absolute Gasteiger partial charge is 0.726 e. The molecule has 5 fully saturated rings. The number of esters is 1. The minimum Gasteiger partial charge on any atom is -0.726 e. The lowest BCUT2D eigenvalue weighted by molar-refractivity contribution is -0.671. The number of aromatic nitrogens is 1. The van der Waals surface area contributed by atoms with E-state index < -0.39 is 70.1 Å². The van der Waals surface area contributed by atoms with Gasteiger partial charge in [-0.3, -0.25) is 37.7 Å². The van der Waals surface area contributed by atoms with Crippen LogP contribution in [0.3, 0.4) is 0 Å². The molecule has 0 spiro atoms. The third-order valence-corrected chi connectivity index (χ3v) is 18.8. The Balaban J connectivity index is 0.00000151. The minimum atomic E-state index is -4.41. The van der Waals surface area contributed by atoms with Crippen molar-refractivity contribution in [1.82, 2.24) is 25.8 Å². The Morgan fingerprint density at radius 2 is 1.52 bits per heavy atom. The van der Waals surface area contributed by atoms with Crippen molar-refractivity contribution in [2.75, 3.05) is 26.7 Å². The van der Waals surface area contributed by atoms with Gasteiger partial charge in [0.1, 0.15) is 49.4 Å². The number of pyridine rings is 1. The van der Waals surface area contributed by atoms with Gasteiger partial charge in [-0.05, 0) is 142 Å². The van der Waals surface area contributed by atoms with Crippen LogP contribution in [-0.4, -0.2) is 121 Å². The molecule has 3 saturated carbocycles. The molecular weight excluding hydrogens is 1010 g/mol. The molecule has 3 heterocycles. The third-order valence-electron chi connectivity index (χ3n) is 18.4. The normalized spacial score (nSPS) is 28.9. The number of ether oxygens (including phenoxy) is 1. The molecule has 2 saturated heterocycles. The number of amides is 6. The predicted molar refractivity (Wildman–Crippen MR) is 286 cm³/mol. The number of carbonyl (C=O) groups is 7. The summed E-state index contributed by atoms with van der Waals surface area (Å²) in [5.41, 5.74) is 7.88. The molecule has 0 bridgehead atoms. The molecule has 2 aliphatic heterocycles. The average Bonchev–Trinajstić information content (AvgIpc) is 4.24. The van der Waals surface area contributed by atoms with Gasteiger partial charge in [0.05, 0.1) is 7.11 Å². The van der Waals surface area contributed by atoms with Crippen LogP contribution in [0.4, 0.5) is 0 Å². The molecule has 12 atom stereocenters. The fraction of sp³-hybridized carbons (Fsp3) is 0.754. The van der Waals surface area contributed by atoms with Gasteiger partial charge in [0.25, 0.3) is 5.91 Å². The highest BCUT2D eigenvalue weighted by Crippen LogP contribution is 2.67. The van der Waals surface area contributed by atoms with Gasteiger partial charge in [-0.2, -0.15) is 0 Å². The van der Waals surface area contributed by atoms with E-state index in [1.54, 1.807) is 36.1 Å². The average molecular weight is 1100 g/mol. The van der Waals surface area contributed by atoms with Gasteiger partial charge in [-0.15, -0.1) is 0 Å². The van der Waals surface area contributed by atoms with E-state index in [9.17, 15) is 46.5 Å². The summed E-state index contributed by atoms with van der Waals surface area (Å²) in [6.45, 7) is 16.5. The van der Waals surface area contributed by atoms with Crippen molar-refractivity contribution in [2.45, 2.75) is 188 Å². The molecule has 1 aromatic heterocycles. The maximum absolute atomic E-state index is 14.3. The Hall–Kier alpha value is -4.95.